The Balaban J connectivity index is 2.34. The quantitative estimate of drug-likeness (QED) is 0.917. The number of rotatable bonds is 3. The van der Waals surface area contributed by atoms with Crippen molar-refractivity contribution in [1.82, 2.24) is 9.78 Å². The van der Waals surface area contributed by atoms with Gasteiger partial charge in [-0.3, -0.25) is 0 Å². The molecule has 0 bridgehead atoms. The minimum Gasteiger partial charge on any atom is -0.396 e. The van der Waals surface area contributed by atoms with Crippen LogP contribution < -0.4 is 0 Å². The van der Waals surface area contributed by atoms with Gasteiger partial charge in [0.2, 0.25) is 0 Å². The minimum atomic E-state index is 0.0906. The highest BCUT2D eigenvalue weighted by atomic mass is 35.5. The summed E-state index contributed by atoms with van der Waals surface area (Å²) in [5, 5.41) is 14.2. The van der Waals surface area contributed by atoms with E-state index >= 15 is 0 Å². The zero-order valence-corrected chi connectivity index (χ0v) is 9.91. The van der Waals surface area contributed by atoms with E-state index in [2.05, 4.69) is 5.10 Å². The van der Waals surface area contributed by atoms with Crippen LogP contribution in [0.3, 0.4) is 0 Å². The van der Waals surface area contributed by atoms with E-state index in [1.54, 1.807) is 22.9 Å². The Bertz CT molecular complexity index is 476. The Hall–Kier alpha value is -1.03. The molecule has 1 aromatic carbocycles. The molecule has 0 saturated carbocycles. The van der Waals surface area contributed by atoms with E-state index in [9.17, 15) is 0 Å². The van der Waals surface area contributed by atoms with E-state index in [4.69, 9.17) is 28.3 Å². The normalized spacial score (nSPS) is 10.7. The average molecular weight is 257 g/mol. The van der Waals surface area contributed by atoms with Crippen molar-refractivity contribution in [3.05, 3.63) is 46.2 Å². The predicted molar refractivity (Wildman–Crippen MR) is 64.4 cm³/mol. The van der Waals surface area contributed by atoms with Gasteiger partial charge in [-0.25, -0.2) is 4.68 Å². The van der Waals surface area contributed by atoms with Gasteiger partial charge in [-0.15, -0.1) is 0 Å². The van der Waals surface area contributed by atoms with Crippen molar-refractivity contribution < 1.29 is 5.11 Å². The molecule has 0 radical (unpaired) electrons. The molecule has 0 aliphatic rings. The summed E-state index contributed by atoms with van der Waals surface area (Å²) in [4.78, 5) is 0. The van der Waals surface area contributed by atoms with E-state index in [-0.39, 0.29) is 6.61 Å². The summed E-state index contributed by atoms with van der Waals surface area (Å²) in [6.07, 6.45) is 2.36. The van der Waals surface area contributed by atoms with E-state index in [0.29, 0.717) is 16.5 Å². The summed E-state index contributed by atoms with van der Waals surface area (Å²) < 4.78 is 1.68. The van der Waals surface area contributed by atoms with E-state index in [1.807, 2.05) is 12.3 Å². The first-order valence-corrected chi connectivity index (χ1v) is 5.56. The largest absolute Gasteiger partial charge is 0.396 e. The molecule has 0 amide bonds. The number of hydrogen-bond donors (Lipinski definition) is 1. The van der Waals surface area contributed by atoms with E-state index in [1.165, 1.54) is 0 Å². The summed E-state index contributed by atoms with van der Waals surface area (Å²) in [5.74, 6) is 0. The van der Waals surface area contributed by atoms with Crippen molar-refractivity contribution in [2.24, 2.45) is 0 Å². The van der Waals surface area contributed by atoms with Crippen molar-refractivity contribution in [3.8, 4) is 5.69 Å². The van der Waals surface area contributed by atoms with Gasteiger partial charge in [0.1, 0.15) is 0 Å². The zero-order valence-electron chi connectivity index (χ0n) is 8.40. The standard InChI is InChI=1S/C11H10Cl2N2O/c12-8-5-9(13)7-11(6-8)15-3-1-10(14-15)2-4-16/h1,3,5-7,16H,2,4H2. The smallest absolute Gasteiger partial charge is 0.0675 e. The van der Waals surface area contributed by atoms with Gasteiger partial charge in [-0.05, 0) is 24.3 Å². The number of halogens is 2. The second-order valence-corrected chi connectivity index (χ2v) is 4.23. The Morgan fingerprint density at radius 1 is 1.19 bits per heavy atom. The number of aliphatic hydroxyl groups is 1. The fourth-order valence-corrected chi connectivity index (χ4v) is 1.94. The first-order chi connectivity index (χ1) is 7.69. The molecule has 0 aliphatic heterocycles. The van der Waals surface area contributed by atoms with Gasteiger partial charge >= 0.3 is 0 Å². The van der Waals surface area contributed by atoms with Crippen molar-refractivity contribution in [1.29, 1.82) is 0 Å². The minimum absolute atomic E-state index is 0.0906. The second-order valence-electron chi connectivity index (χ2n) is 3.35. The topological polar surface area (TPSA) is 38.0 Å². The molecule has 0 unspecified atom stereocenters. The number of nitrogens with zero attached hydrogens (tertiary/aromatic N) is 2. The summed E-state index contributed by atoms with van der Waals surface area (Å²) >= 11 is 11.8. The van der Waals surface area contributed by atoms with Gasteiger partial charge in [0.15, 0.2) is 0 Å². The second kappa shape index (κ2) is 4.87. The van der Waals surface area contributed by atoms with Crippen LogP contribution in [0, 0.1) is 0 Å². The fraction of sp³-hybridized carbons (Fsp3) is 0.182. The van der Waals surface area contributed by atoms with E-state index < -0.39 is 0 Å². The number of hydrogen-bond acceptors (Lipinski definition) is 2. The number of benzene rings is 1. The van der Waals surface area contributed by atoms with Crippen molar-refractivity contribution in [3.63, 3.8) is 0 Å². The summed E-state index contributed by atoms with van der Waals surface area (Å²) in [5.41, 5.74) is 1.64. The lowest BCUT2D eigenvalue weighted by atomic mass is 10.3. The average Bonchev–Trinajstić information content (AvgIpc) is 2.65. The maximum absolute atomic E-state index is 8.80. The highest BCUT2D eigenvalue weighted by Crippen LogP contribution is 2.21. The van der Waals surface area contributed by atoms with Gasteiger partial charge in [0, 0.05) is 29.3 Å². The Morgan fingerprint density at radius 3 is 2.50 bits per heavy atom. The number of aromatic nitrogens is 2. The van der Waals surface area contributed by atoms with E-state index in [0.717, 1.165) is 11.4 Å². The number of aliphatic hydroxyl groups excluding tert-OH is 1. The van der Waals surface area contributed by atoms with Gasteiger partial charge in [-0.2, -0.15) is 5.10 Å². The summed E-state index contributed by atoms with van der Waals surface area (Å²) in [6.45, 7) is 0.0906. The SMILES string of the molecule is OCCc1ccn(-c2cc(Cl)cc(Cl)c2)n1. The molecule has 84 valence electrons. The maximum atomic E-state index is 8.80. The highest BCUT2D eigenvalue weighted by Gasteiger charge is 2.03. The lowest BCUT2D eigenvalue weighted by Crippen LogP contribution is -1.97. The maximum Gasteiger partial charge on any atom is 0.0675 e. The van der Waals surface area contributed by atoms with Gasteiger partial charge < -0.3 is 5.11 Å². The van der Waals surface area contributed by atoms with Crippen LogP contribution in [0.2, 0.25) is 10.0 Å². The molecule has 3 nitrogen and oxygen atoms in total. The molecule has 0 atom stereocenters. The van der Waals surface area contributed by atoms with Gasteiger partial charge in [0.05, 0.1) is 11.4 Å². The fourth-order valence-electron chi connectivity index (χ4n) is 1.42. The van der Waals surface area contributed by atoms with Crippen LogP contribution in [0.5, 0.6) is 0 Å². The van der Waals surface area contributed by atoms with Gasteiger partial charge in [0.25, 0.3) is 0 Å². The third-order valence-electron chi connectivity index (χ3n) is 2.12. The molecule has 0 fully saturated rings. The van der Waals surface area contributed by atoms with Crippen molar-refractivity contribution >= 4 is 23.2 Å². The van der Waals surface area contributed by atoms with Crippen molar-refractivity contribution in [2.45, 2.75) is 6.42 Å². The zero-order chi connectivity index (χ0) is 11.5. The Kier molecular flexibility index (Phi) is 3.49. The van der Waals surface area contributed by atoms with Crippen LogP contribution in [0.25, 0.3) is 5.69 Å². The first-order valence-electron chi connectivity index (χ1n) is 4.81. The lowest BCUT2D eigenvalue weighted by molar-refractivity contribution is 0.298. The van der Waals surface area contributed by atoms with Crippen LogP contribution in [0.1, 0.15) is 5.69 Å². The highest BCUT2D eigenvalue weighted by molar-refractivity contribution is 6.34. The molecule has 1 aromatic heterocycles. The molecule has 2 aromatic rings. The van der Waals surface area contributed by atoms with Gasteiger partial charge in [-0.1, -0.05) is 23.2 Å². The molecule has 0 aliphatic carbocycles. The van der Waals surface area contributed by atoms with Crippen LogP contribution in [-0.2, 0) is 6.42 Å². The summed E-state index contributed by atoms with van der Waals surface area (Å²) in [7, 11) is 0. The predicted octanol–water partition coefficient (Wildman–Crippen LogP) is 2.71. The molecule has 16 heavy (non-hydrogen) atoms. The molecule has 5 heteroatoms. The molecule has 2 rings (SSSR count). The Morgan fingerprint density at radius 2 is 1.88 bits per heavy atom. The molecule has 0 saturated heterocycles. The van der Waals surface area contributed by atoms with Crippen molar-refractivity contribution in [2.75, 3.05) is 6.61 Å². The van der Waals surface area contributed by atoms with Crippen LogP contribution >= 0.6 is 23.2 Å². The van der Waals surface area contributed by atoms with Crippen LogP contribution in [-0.4, -0.2) is 21.5 Å². The van der Waals surface area contributed by atoms with Crippen LogP contribution in [0.4, 0.5) is 0 Å². The third kappa shape index (κ3) is 2.55. The lowest BCUT2D eigenvalue weighted by Gasteiger charge is -2.02. The first kappa shape index (κ1) is 11.5. The van der Waals surface area contributed by atoms with Crippen LogP contribution in [0.15, 0.2) is 30.5 Å². The summed E-state index contributed by atoms with van der Waals surface area (Å²) in [6, 6.07) is 7.09. The molecule has 1 heterocycles. The molecule has 0 spiro atoms. The monoisotopic (exact) mass is 256 g/mol. The molecular weight excluding hydrogens is 247 g/mol. The molecule has 1 N–H and O–H groups in total. The Labute approximate surface area is 103 Å². The molecular formula is C11H10Cl2N2O. The third-order valence-corrected chi connectivity index (χ3v) is 2.56.